The average Bonchev–Trinajstić information content (AvgIpc) is 3.36. The number of imidazole rings is 1. The van der Waals surface area contributed by atoms with Gasteiger partial charge < -0.3 is 14.2 Å². The topological polar surface area (TPSA) is 47.4 Å². The number of halogens is 1. The number of benzene rings is 3. The number of carbonyl (C=O) groups is 1. The molecular weight excluding hydrogens is 410 g/mol. The van der Waals surface area contributed by atoms with Crippen molar-refractivity contribution in [2.24, 2.45) is 0 Å². The van der Waals surface area contributed by atoms with E-state index in [1.165, 1.54) is 0 Å². The van der Waals surface area contributed by atoms with Crippen LogP contribution in [0.4, 0.5) is 5.69 Å². The second kappa shape index (κ2) is 8.08. The van der Waals surface area contributed by atoms with Gasteiger partial charge in [0.2, 0.25) is 5.91 Å². The van der Waals surface area contributed by atoms with Gasteiger partial charge in [0.1, 0.15) is 11.6 Å². The molecule has 1 aliphatic heterocycles. The van der Waals surface area contributed by atoms with E-state index >= 15 is 0 Å². The second-order valence-electron chi connectivity index (χ2n) is 7.78. The molecular formula is C25H22ClN3O2. The van der Waals surface area contributed by atoms with Crippen LogP contribution in [0.3, 0.4) is 0 Å². The van der Waals surface area contributed by atoms with Crippen LogP contribution in [-0.2, 0) is 11.3 Å². The van der Waals surface area contributed by atoms with E-state index in [1.807, 2.05) is 71.6 Å². The molecule has 0 aliphatic carbocycles. The molecule has 1 amide bonds. The summed E-state index contributed by atoms with van der Waals surface area (Å²) < 4.78 is 7.56. The molecule has 2 heterocycles. The Morgan fingerprint density at radius 1 is 1.06 bits per heavy atom. The summed E-state index contributed by atoms with van der Waals surface area (Å²) >= 11 is 6.06. The van der Waals surface area contributed by atoms with E-state index in [4.69, 9.17) is 21.3 Å². The van der Waals surface area contributed by atoms with Crippen molar-refractivity contribution in [3.63, 3.8) is 0 Å². The molecule has 1 aromatic heterocycles. The maximum Gasteiger partial charge on any atom is 0.227 e. The van der Waals surface area contributed by atoms with Gasteiger partial charge in [-0.2, -0.15) is 0 Å². The van der Waals surface area contributed by atoms with Crippen LogP contribution >= 0.6 is 11.6 Å². The van der Waals surface area contributed by atoms with Crippen LogP contribution in [0, 0.1) is 0 Å². The molecule has 0 spiro atoms. The van der Waals surface area contributed by atoms with E-state index in [1.54, 1.807) is 7.11 Å². The molecule has 0 N–H and O–H groups in total. The minimum Gasteiger partial charge on any atom is -0.497 e. The van der Waals surface area contributed by atoms with Gasteiger partial charge in [-0.15, -0.1) is 0 Å². The Bertz CT molecular complexity index is 1250. The zero-order chi connectivity index (χ0) is 21.4. The third kappa shape index (κ3) is 3.77. The van der Waals surface area contributed by atoms with Crippen molar-refractivity contribution in [1.82, 2.24) is 9.55 Å². The van der Waals surface area contributed by atoms with Crippen LogP contribution in [0.1, 0.15) is 23.7 Å². The Labute approximate surface area is 185 Å². The van der Waals surface area contributed by atoms with Gasteiger partial charge in [0.15, 0.2) is 0 Å². The molecule has 1 unspecified atom stereocenters. The molecule has 1 fully saturated rings. The summed E-state index contributed by atoms with van der Waals surface area (Å²) in [6, 6.07) is 23.6. The number of para-hydroxylation sites is 2. The van der Waals surface area contributed by atoms with E-state index in [2.05, 4.69) is 10.6 Å². The SMILES string of the molecule is COc1cccc(N2CC(c3nc4ccccc4n3Cc3ccc(Cl)cc3)CC2=O)c1. The number of methoxy groups -OCH3 is 1. The van der Waals surface area contributed by atoms with Crippen LogP contribution in [0.15, 0.2) is 72.8 Å². The first-order valence-corrected chi connectivity index (χ1v) is 10.6. The molecule has 5 rings (SSSR count). The zero-order valence-electron chi connectivity index (χ0n) is 17.2. The fraction of sp³-hybridized carbons (Fsp3) is 0.200. The molecule has 6 heteroatoms. The van der Waals surface area contributed by atoms with E-state index in [0.717, 1.165) is 38.9 Å². The maximum absolute atomic E-state index is 12.9. The van der Waals surface area contributed by atoms with Crippen molar-refractivity contribution >= 4 is 34.2 Å². The highest BCUT2D eigenvalue weighted by atomic mass is 35.5. The predicted molar refractivity (Wildman–Crippen MR) is 123 cm³/mol. The lowest BCUT2D eigenvalue weighted by atomic mass is 10.1. The lowest BCUT2D eigenvalue weighted by Crippen LogP contribution is -2.24. The van der Waals surface area contributed by atoms with Crippen molar-refractivity contribution in [1.29, 1.82) is 0 Å². The number of anilines is 1. The first kappa shape index (κ1) is 19.6. The summed E-state index contributed by atoms with van der Waals surface area (Å²) in [6.07, 6.45) is 0.432. The Kier molecular flexibility index (Phi) is 5.12. The van der Waals surface area contributed by atoms with E-state index in [0.29, 0.717) is 19.5 Å². The van der Waals surface area contributed by atoms with Crippen molar-refractivity contribution in [2.75, 3.05) is 18.6 Å². The fourth-order valence-electron chi connectivity index (χ4n) is 4.25. The Hall–Kier alpha value is -3.31. The zero-order valence-corrected chi connectivity index (χ0v) is 17.9. The van der Waals surface area contributed by atoms with E-state index in [9.17, 15) is 4.79 Å². The summed E-state index contributed by atoms with van der Waals surface area (Å²) in [4.78, 5) is 19.7. The lowest BCUT2D eigenvalue weighted by Gasteiger charge is -2.18. The van der Waals surface area contributed by atoms with Crippen LogP contribution < -0.4 is 9.64 Å². The molecule has 31 heavy (non-hydrogen) atoms. The van der Waals surface area contributed by atoms with Crippen molar-refractivity contribution in [3.05, 3.63) is 89.2 Å². The Balaban J connectivity index is 1.51. The van der Waals surface area contributed by atoms with Gasteiger partial charge in [-0.05, 0) is 42.0 Å². The van der Waals surface area contributed by atoms with E-state index < -0.39 is 0 Å². The monoisotopic (exact) mass is 431 g/mol. The van der Waals surface area contributed by atoms with Crippen LogP contribution in [-0.4, -0.2) is 29.1 Å². The van der Waals surface area contributed by atoms with Crippen LogP contribution in [0.25, 0.3) is 11.0 Å². The molecule has 5 nitrogen and oxygen atoms in total. The van der Waals surface area contributed by atoms with Crippen molar-refractivity contribution in [2.45, 2.75) is 18.9 Å². The number of fused-ring (bicyclic) bond motifs is 1. The highest BCUT2D eigenvalue weighted by Crippen LogP contribution is 2.34. The Morgan fingerprint density at radius 2 is 1.87 bits per heavy atom. The predicted octanol–water partition coefficient (Wildman–Crippen LogP) is 5.27. The fourth-order valence-corrected chi connectivity index (χ4v) is 4.38. The molecule has 1 atom stereocenters. The number of ether oxygens (including phenoxy) is 1. The normalized spacial score (nSPS) is 16.3. The second-order valence-corrected chi connectivity index (χ2v) is 8.21. The summed E-state index contributed by atoms with van der Waals surface area (Å²) in [5, 5.41) is 0.717. The number of carbonyl (C=O) groups excluding carboxylic acids is 1. The largest absolute Gasteiger partial charge is 0.497 e. The van der Waals surface area contributed by atoms with E-state index in [-0.39, 0.29) is 11.8 Å². The summed E-state index contributed by atoms with van der Waals surface area (Å²) in [5.41, 5.74) is 4.01. The van der Waals surface area contributed by atoms with Crippen molar-refractivity contribution in [3.8, 4) is 5.75 Å². The standard InChI is InChI=1S/C25H22ClN3O2/c1-31-21-6-4-5-20(14-21)28-16-18(13-24(28)30)25-27-22-7-2-3-8-23(22)29(25)15-17-9-11-19(26)12-10-17/h2-12,14,18H,13,15-16H2,1H3. The number of amides is 1. The average molecular weight is 432 g/mol. The highest BCUT2D eigenvalue weighted by Gasteiger charge is 2.35. The molecule has 4 aromatic rings. The van der Waals surface area contributed by atoms with Gasteiger partial charge in [0.25, 0.3) is 0 Å². The van der Waals surface area contributed by atoms with Gasteiger partial charge in [0.05, 0.1) is 18.1 Å². The molecule has 3 aromatic carbocycles. The lowest BCUT2D eigenvalue weighted by molar-refractivity contribution is -0.117. The number of nitrogens with zero attached hydrogens (tertiary/aromatic N) is 3. The first-order valence-electron chi connectivity index (χ1n) is 10.3. The minimum absolute atomic E-state index is 0.0124. The smallest absolute Gasteiger partial charge is 0.227 e. The first-order chi connectivity index (χ1) is 15.1. The number of aromatic nitrogens is 2. The Morgan fingerprint density at radius 3 is 2.68 bits per heavy atom. The number of hydrogen-bond donors (Lipinski definition) is 0. The molecule has 1 aliphatic rings. The molecule has 1 saturated heterocycles. The quantitative estimate of drug-likeness (QED) is 0.432. The summed E-state index contributed by atoms with van der Waals surface area (Å²) in [7, 11) is 1.63. The maximum atomic E-state index is 12.9. The summed E-state index contributed by atoms with van der Waals surface area (Å²) in [6.45, 7) is 1.27. The third-order valence-electron chi connectivity index (χ3n) is 5.79. The van der Waals surface area contributed by atoms with Gasteiger partial charge in [0, 0.05) is 42.2 Å². The molecule has 0 saturated carbocycles. The molecule has 0 radical (unpaired) electrons. The molecule has 0 bridgehead atoms. The third-order valence-corrected chi connectivity index (χ3v) is 6.05. The minimum atomic E-state index is 0.0124. The van der Waals surface area contributed by atoms with Gasteiger partial charge in [-0.1, -0.05) is 41.9 Å². The highest BCUT2D eigenvalue weighted by molar-refractivity contribution is 6.30. The van der Waals surface area contributed by atoms with Gasteiger partial charge >= 0.3 is 0 Å². The van der Waals surface area contributed by atoms with Gasteiger partial charge in [-0.25, -0.2) is 4.98 Å². The molecule has 156 valence electrons. The number of hydrogen-bond acceptors (Lipinski definition) is 3. The van der Waals surface area contributed by atoms with Gasteiger partial charge in [-0.3, -0.25) is 4.79 Å². The van der Waals surface area contributed by atoms with Crippen LogP contribution in [0.5, 0.6) is 5.75 Å². The van der Waals surface area contributed by atoms with Crippen molar-refractivity contribution < 1.29 is 9.53 Å². The number of rotatable bonds is 5. The summed E-state index contributed by atoms with van der Waals surface area (Å²) in [5.74, 6) is 1.79. The van der Waals surface area contributed by atoms with Crippen LogP contribution in [0.2, 0.25) is 5.02 Å².